The van der Waals surface area contributed by atoms with Gasteiger partial charge < -0.3 is 9.80 Å². The Kier molecular flexibility index (Phi) is 5.13. The number of carbonyl (C=O) groups excluding carboxylic acids is 2. The van der Waals surface area contributed by atoms with Crippen molar-refractivity contribution in [3.8, 4) is 0 Å². The molecule has 0 aliphatic carbocycles. The van der Waals surface area contributed by atoms with Crippen LogP contribution in [0.2, 0.25) is 0 Å². The van der Waals surface area contributed by atoms with Gasteiger partial charge in [0.25, 0.3) is 11.8 Å². The van der Waals surface area contributed by atoms with E-state index in [1.165, 1.54) is 12.4 Å². The molecule has 0 saturated carbocycles. The number of likely N-dealkylation sites (tertiary alicyclic amines) is 2. The first-order chi connectivity index (χ1) is 13.2. The lowest BCUT2D eigenvalue weighted by Crippen LogP contribution is -2.42. The minimum atomic E-state index is -0.215. The molecule has 2 fully saturated rings. The first-order valence-corrected chi connectivity index (χ1v) is 9.63. The third-order valence-electron chi connectivity index (χ3n) is 5.42. The van der Waals surface area contributed by atoms with Crippen molar-refractivity contribution in [1.29, 1.82) is 0 Å². The Morgan fingerprint density at radius 2 is 1.56 bits per heavy atom. The first-order valence-electron chi connectivity index (χ1n) is 9.63. The second-order valence-electron chi connectivity index (χ2n) is 7.21. The van der Waals surface area contributed by atoms with Gasteiger partial charge >= 0.3 is 0 Å². The zero-order valence-electron chi connectivity index (χ0n) is 15.3. The van der Waals surface area contributed by atoms with E-state index in [2.05, 4.69) is 20.2 Å². The van der Waals surface area contributed by atoms with E-state index in [1.807, 2.05) is 6.07 Å². The van der Waals surface area contributed by atoms with E-state index < -0.39 is 0 Å². The molecule has 8 nitrogen and oxygen atoms in total. The summed E-state index contributed by atoms with van der Waals surface area (Å²) in [6, 6.07) is 1.95. The maximum Gasteiger partial charge on any atom is 0.274 e. The topological polar surface area (TPSA) is 95.1 Å². The van der Waals surface area contributed by atoms with Crippen LogP contribution in [-0.4, -0.2) is 68.0 Å². The molecule has 2 aliphatic heterocycles. The number of amides is 2. The normalized spacial score (nSPS) is 20.5. The Bertz CT molecular complexity index is 800. The molecule has 2 saturated heterocycles. The molecular weight excluding hydrogens is 344 g/mol. The molecule has 0 unspecified atom stereocenters. The molecule has 8 heteroatoms. The second-order valence-corrected chi connectivity index (χ2v) is 7.21. The van der Waals surface area contributed by atoms with Crippen LogP contribution in [0.4, 0.5) is 0 Å². The van der Waals surface area contributed by atoms with Crippen molar-refractivity contribution in [2.45, 2.75) is 38.0 Å². The molecule has 142 valence electrons. The molecule has 2 amide bonds. The lowest BCUT2D eigenvalue weighted by Gasteiger charge is -2.32. The molecule has 0 aromatic carbocycles. The number of hydrogen-bond acceptors (Lipinski definition) is 5. The van der Waals surface area contributed by atoms with E-state index >= 15 is 0 Å². The van der Waals surface area contributed by atoms with Gasteiger partial charge in [0.1, 0.15) is 0 Å². The number of H-pyrrole nitrogens is 1. The Morgan fingerprint density at radius 1 is 0.889 bits per heavy atom. The summed E-state index contributed by atoms with van der Waals surface area (Å²) in [5, 5.41) is 7.02. The van der Waals surface area contributed by atoms with Crippen LogP contribution < -0.4 is 0 Å². The molecule has 1 atom stereocenters. The van der Waals surface area contributed by atoms with Gasteiger partial charge in [-0.15, -0.1) is 0 Å². The van der Waals surface area contributed by atoms with Crippen LogP contribution in [0.5, 0.6) is 0 Å². The summed E-state index contributed by atoms with van der Waals surface area (Å²) in [4.78, 5) is 38.1. The van der Waals surface area contributed by atoms with E-state index in [0.29, 0.717) is 26.2 Å². The molecule has 2 aromatic heterocycles. The van der Waals surface area contributed by atoms with E-state index in [-0.39, 0.29) is 29.1 Å². The zero-order chi connectivity index (χ0) is 18.6. The highest BCUT2D eigenvalue weighted by atomic mass is 16.2. The number of rotatable bonds is 3. The molecule has 2 aliphatic rings. The summed E-state index contributed by atoms with van der Waals surface area (Å²) in [6.07, 6.45) is 9.73. The molecular formula is C19H24N6O2. The van der Waals surface area contributed by atoms with Gasteiger partial charge in [0.05, 0.1) is 0 Å². The number of nitrogens with zero attached hydrogens (tertiary/aromatic N) is 5. The average molecular weight is 368 g/mol. The summed E-state index contributed by atoms with van der Waals surface area (Å²) in [5.41, 5.74) is 1.38. The predicted octanol–water partition coefficient (Wildman–Crippen LogP) is 1.85. The van der Waals surface area contributed by atoms with Crippen molar-refractivity contribution >= 4 is 11.8 Å². The molecule has 0 radical (unpaired) electrons. The van der Waals surface area contributed by atoms with Crippen LogP contribution in [0.3, 0.4) is 0 Å². The zero-order valence-corrected chi connectivity index (χ0v) is 15.3. The van der Waals surface area contributed by atoms with Gasteiger partial charge in [0.2, 0.25) is 0 Å². The SMILES string of the molecule is O=C(c1nccnc1C(=O)N1CCC[C@@H](c2ccn[nH]2)C1)N1CCCCC1. The third kappa shape index (κ3) is 3.70. The molecule has 0 bridgehead atoms. The minimum Gasteiger partial charge on any atom is -0.337 e. The number of nitrogens with one attached hydrogen (secondary N) is 1. The predicted molar refractivity (Wildman–Crippen MR) is 98.3 cm³/mol. The van der Waals surface area contributed by atoms with E-state index in [0.717, 1.165) is 37.8 Å². The fourth-order valence-electron chi connectivity index (χ4n) is 3.96. The van der Waals surface area contributed by atoms with Crippen molar-refractivity contribution in [2.24, 2.45) is 0 Å². The monoisotopic (exact) mass is 368 g/mol. The summed E-state index contributed by atoms with van der Waals surface area (Å²) in [5.74, 6) is -0.177. The molecule has 2 aromatic rings. The summed E-state index contributed by atoms with van der Waals surface area (Å²) in [7, 11) is 0. The van der Waals surface area contributed by atoms with Crippen molar-refractivity contribution in [3.05, 3.63) is 41.7 Å². The van der Waals surface area contributed by atoms with Crippen LogP contribution in [0.1, 0.15) is 64.7 Å². The molecule has 4 rings (SSSR count). The average Bonchev–Trinajstić information content (AvgIpc) is 3.28. The van der Waals surface area contributed by atoms with Crippen LogP contribution >= 0.6 is 0 Å². The van der Waals surface area contributed by atoms with Gasteiger partial charge in [-0.25, -0.2) is 9.97 Å². The lowest BCUT2D eigenvalue weighted by atomic mass is 9.94. The molecule has 27 heavy (non-hydrogen) atoms. The Morgan fingerprint density at radius 3 is 2.22 bits per heavy atom. The number of carbonyl (C=O) groups is 2. The Labute approximate surface area is 158 Å². The fraction of sp³-hybridized carbons (Fsp3) is 0.526. The van der Waals surface area contributed by atoms with Gasteiger partial charge in [-0.1, -0.05) is 0 Å². The standard InChI is InChI=1S/C19H24N6O2/c26-18(24-10-2-1-3-11-24)16-17(21-9-8-20-16)19(27)25-12-4-5-14(13-25)15-6-7-22-23-15/h6-9,14H,1-5,10-13H2,(H,22,23)/t14-/m1/s1. The van der Waals surface area contributed by atoms with Crippen molar-refractivity contribution < 1.29 is 9.59 Å². The van der Waals surface area contributed by atoms with Gasteiger partial charge in [0, 0.05) is 56.4 Å². The number of aromatic amines is 1. The number of aromatic nitrogens is 4. The van der Waals surface area contributed by atoms with Crippen LogP contribution in [-0.2, 0) is 0 Å². The van der Waals surface area contributed by atoms with Crippen molar-refractivity contribution in [1.82, 2.24) is 30.0 Å². The molecule has 4 heterocycles. The molecule has 1 N–H and O–H groups in total. The van der Waals surface area contributed by atoms with Crippen LogP contribution in [0, 0.1) is 0 Å². The quantitative estimate of drug-likeness (QED) is 0.892. The van der Waals surface area contributed by atoms with E-state index in [1.54, 1.807) is 16.0 Å². The lowest BCUT2D eigenvalue weighted by molar-refractivity contribution is 0.0665. The van der Waals surface area contributed by atoms with Crippen LogP contribution in [0.25, 0.3) is 0 Å². The number of piperidine rings is 2. The van der Waals surface area contributed by atoms with Crippen molar-refractivity contribution in [2.75, 3.05) is 26.2 Å². The maximum atomic E-state index is 13.1. The van der Waals surface area contributed by atoms with E-state index in [9.17, 15) is 9.59 Å². The Balaban J connectivity index is 1.54. The molecule has 0 spiro atoms. The summed E-state index contributed by atoms with van der Waals surface area (Å²) < 4.78 is 0. The maximum absolute atomic E-state index is 13.1. The van der Waals surface area contributed by atoms with Crippen LogP contribution in [0.15, 0.2) is 24.7 Å². The summed E-state index contributed by atoms with van der Waals surface area (Å²) in [6.45, 7) is 2.69. The highest BCUT2D eigenvalue weighted by Crippen LogP contribution is 2.26. The van der Waals surface area contributed by atoms with Gasteiger partial charge in [-0.05, 0) is 38.2 Å². The number of hydrogen-bond donors (Lipinski definition) is 1. The van der Waals surface area contributed by atoms with Gasteiger partial charge in [-0.2, -0.15) is 5.10 Å². The third-order valence-corrected chi connectivity index (χ3v) is 5.42. The first kappa shape index (κ1) is 17.6. The van der Waals surface area contributed by atoms with E-state index in [4.69, 9.17) is 0 Å². The van der Waals surface area contributed by atoms with Crippen molar-refractivity contribution in [3.63, 3.8) is 0 Å². The van der Waals surface area contributed by atoms with Gasteiger partial charge in [0.15, 0.2) is 11.4 Å². The highest BCUT2D eigenvalue weighted by molar-refractivity contribution is 6.04. The van der Waals surface area contributed by atoms with Gasteiger partial charge in [-0.3, -0.25) is 14.7 Å². The Hall–Kier alpha value is -2.77. The smallest absolute Gasteiger partial charge is 0.274 e. The fourth-order valence-corrected chi connectivity index (χ4v) is 3.96. The largest absolute Gasteiger partial charge is 0.337 e. The summed E-state index contributed by atoms with van der Waals surface area (Å²) >= 11 is 0. The minimum absolute atomic E-state index is 0.165. The second kappa shape index (κ2) is 7.85. The highest BCUT2D eigenvalue weighted by Gasteiger charge is 2.31.